The van der Waals surface area contributed by atoms with Crippen LogP contribution in [0.2, 0.25) is 0 Å². The molecular weight excluding hydrogens is 389 g/mol. The monoisotopic (exact) mass is 410 g/mol. The molecule has 28 heavy (non-hydrogen) atoms. The molecule has 2 aromatic heterocycles. The first kappa shape index (κ1) is 18.2. The standard InChI is InChI=1S/C19H21F3N4OS/c1-18(2)6-5-13-16(18)26-15(27)7-11(23-17(26)28-13)9-25-12(10-3-4-10)8-14(24-25)19(20,21)22/h7-8,10,14,24H,3-6,9H2,1-2H3. The Hall–Kier alpha value is -1.87. The number of hydrazine groups is 1. The summed E-state index contributed by atoms with van der Waals surface area (Å²) in [6.07, 6.45) is 0.662. The van der Waals surface area contributed by atoms with Crippen molar-refractivity contribution >= 4 is 16.3 Å². The second-order valence-electron chi connectivity index (χ2n) is 8.56. The number of halogens is 3. The summed E-state index contributed by atoms with van der Waals surface area (Å²) in [4.78, 5) is 19.3. The molecule has 0 saturated heterocycles. The Labute approximate surface area is 163 Å². The Morgan fingerprint density at radius 3 is 2.79 bits per heavy atom. The Bertz CT molecular complexity index is 1050. The topological polar surface area (TPSA) is 49.6 Å². The van der Waals surface area contributed by atoms with E-state index in [1.165, 1.54) is 33.4 Å². The van der Waals surface area contributed by atoms with Gasteiger partial charge >= 0.3 is 6.18 Å². The zero-order chi connectivity index (χ0) is 19.8. The minimum Gasteiger partial charge on any atom is -0.306 e. The van der Waals surface area contributed by atoms with E-state index in [1.807, 2.05) is 0 Å². The van der Waals surface area contributed by atoms with Crippen LogP contribution in [0.5, 0.6) is 0 Å². The molecule has 5 nitrogen and oxygen atoms in total. The molecule has 3 aliphatic rings. The van der Waals surface area contributed by atoms with E-state index in [9.17, 15) is 18.0 Å². The molecule has 0 spiro atoms. The van der Waals surface area contributed by atoms with Gasteiger partial charge in [0.05, 0.1) is 12.2 Å². The van der Waals surface area contributed by atoms with Gasteiger partial charge in [0.1, 0.15) is 6.04 Å². The molecule has 1 unspecified atom stereocenters. The van der Waals surface area contributed by atoms with Crippen LogP contribution in [0.3, 0.4) is 0 Å². The van der Waals surface area contributed by atoms with Crippen LogP contribution >= 0.6 is 11.3 Å². The average Bonchev–Trinajstić information content (AvgIpc) is 3.10. The summed E-state index contributed by atoms with van der Waals surface area (Å²) in [6.45, 7) is 4.40. The number of nitrogens with one attached hydrogen (secondary N) is 1. The summed E-state index contributed by atoms with van der Waals surface area (Å²) in [5.41, 5.74) is 4.50. The highest BCUT2D eigenvalue weighted by atomic mass is 32.1. The smallest absolute Gasteiger partial charge is 0.306 e. The third-order valence-electron chi connectivity index (χ3n) is 5.87. The van der Waals surface area contributed by atoms with E-state index in [0.29, 0.717) is 16.4 Å². The second kappa shape index (κ2) is 5.82. The van der Waals surface area contributed by atoms with Gasteiger partial charge in [0.2, 0.25) is 0 Å². The van der Waals surface area contributed by atoms with Gasteiger partial charge in [-0.3, -0.25) is 9.20 Å². The third kappa shape index (κ3) is 2.86. The lowest BCUT2D eigenvalue weighted by atomic mass is 9.91. The first-order chi connectivity index (χ1) is 13.1. The molecule has 0 amide bonds. The van der Waals surface area contributed by atoms with Gasteiger partial charge in [-0.15, -0.1) is 11.3 Å². The van der Waals surface area contributed by atoms with E-state index < -0.39 is 12.2 Å². The molecule has 0 bridgehead atoms. The van der Waals surface area contributed by atoms with Crippen LogP contribution in [-0.4, -0.2) is 26.6 Å². The van der Waals surface area contributed by atoms with Gasteiger partial charge in [0.15, 0.2) is 4.96 Å². The molecule has 1 atom stereocenters. The number of allylic oxidation sites excluding steroid dienone is 1. The van der Waals surface area contributed by atoms with Crippen LogP contribution in [0.1, 0.15) is 49.4 Å². The summed E-state index contributed by atoms with van der Waals surface area (Å²) >= 11 is 1.52. The number of nitrogens with zero attached hydrogens (tertiary/aromatic N) is 3. The fourth-order valence-corrected chi connectivity index (χ4v) is 5.61. The van der Waals surface area contributed by atoms with Gasteiger partial charge in [-0.25, -0.2) is 10.4 Å². The molecule has 1 saturated carbocycles. The highest BCUT2D eigenvalue weighted by Crippen LogP contribution is 2.43. The van der Waals surface area contributed by atoms with Crippen molar-refractivity contribution in [2.24, 2.45) is 5.92 Å². The van der Waals surface area contributed by atoms with Crippen molar-refractivity contribution in [1.29, 1.82) is 0 Å². The lowest BCUT2D eigenvalue weighted by molar-refractivity contribution is -0.150. The van der Waals surface area contributed by atoms with Gasteiger partial charge in [0, 0.05) is 33.7 Å². The number of hydrogen-bond donors (Lipinski definition) is 1. The highest BCUT2D eigenvalue weighted by Gasteiger charge is 2.46. The molecule has 3 heterocycles. The van der Waals surface area contributed by atoms with E-state index in [2.05, 4.69) is 24.3 Å². The van der Waals surface area contributed by atoms with Gasteiger partial charge in [-0.1, -0.05) is 13.8 Å². The SMILES string of the molecule is CC1(C)CCc2sc3nc(CN4NC(C(F)(F)F)C=C4C4CC4)cc(=O)n3c21. The summed E-state index contributed by atoms with van der Waals surface area (Å²) < 4.78 is 41.2. The van der Waals surface area contributed by atoms with Gasteiger partial charge < -0.3 is 5.01 Å². The van der Waals surface area contributed by atoms with E-state index in [0.717, 1.165) is 31.4 Å². The van der Waals surface area contributed by atoms with E-state index in [4.69, 9.17) is 0 Å². The second-order valence-corrected chi connectivity index (χ2v) is 9.62. The Balaban J connectivity index is 1.48. The average molecular weight is 410 g/mol. The van der Waals surface area contributed by atoms with Crippen LogP contribution in [-0.2, 0) is 18.4 Å². The Morgan fingerprint density at radius 2 is 2.11 bits per heavy atom. The number of aromatic nitrogens is 2. The van der Waals surface area contributed by atoms with Crippen molar-refractivity contribution in [3.63, 3.8) is 0 Å². The zero-order valence-corrected chi connectivity index (χ0v) is 16.5. The molecular formula is C19H21F3N4OS. The van der Waals surface area contributed by atoms with Crippen LogP contribution < -0.4 is 11.0 Å². The van der Waals surface area contributed by atoms with Crippen LogP contribution in [0.15, 0.2) is 22.6 Å². The number of thiazole rings is 1. The zero-order valence-electron chi connectivity index (χ0n) is 15.6. The minimum absolute atomic E-state index is 0.0705. The Morgan fingerprint density at radius 1 is 1.36 bits per heavy atom. The lowest BCUT2D eigenvalue weighted by Gasteiger charge is -2.24. The first-order valence-corrected chi connectivity index (χ1v) is 10.3. The molecule has 2 aliphatic carbocycles. The minimum atomic E-state index is -4.34. The number of aryl methyl sites for hydroxylation is 1. The normalized spacial score (nSPS) is 24.1. The van der Waals surface area contributed by atoms with Crippen molar-refractivity contribution in [3.05, 3.63) is 44.5 Å². The molecule has 2 aromatic rings. The summed E-state index contributed by atoms with van der Waals surface area (Å²) in [7, 11) is 0. The molecule has 0 aromatic carbocycles. The Kier molecular flexibility index (Phi) is 3.78. The van der Waals surface area contributed by atoms with Crippen molar-refractivity contribution < 1.29 is 13.2 Å². The first-order valence-electron chi connectivity index (χ1n) is 9.50. The van der Waals surface area contributed by atoms with Gasteiger partial charge in [0.25, 0.3) is 5.56 Å². The molecule has 5 rings (SSSR count). The van der Waals surface area contributed by atoms with Gasteiger partial charge in [-0.2, -0.15) is 13.2 Å². The number of fused-ring (bicyclic) bond motifs is 3. The maximum Gasteiger partial charge on any atom is 0.409 e. The van der Waals surface area contributed by atoms with E-state index >= 15 is 0 Å². The third-order valence-corrected chi connectivity index (χ3v) is 6.97. The lowest BCUT2D eigenvalue weighted by Crippen LogP contribution is -2.44. The fourth-order valence-electron chi connectivity index (χ4n) is 4.28. The molecule has 1 fully saturated rings. The van der Waals surface area contributed by atoms with Crippen molar-refractivity contribution in [2.75, 3.05) is 0 Å². The maximum atomic E-state index is 13.2. The summed E-state index contributed by atoms with van der Waals surface area (Å²) in [5, 5.41) is 1.53. The molecule has 1 N–H and O–H groups in total. The van der Waals surface area contributed by atoms with Crippen molar-refractivity contribution in [1.82, 2.24) is 19.8 Å². The molecule has 1 aliphatic heterocycles. The van der Waals surface area contributed by atoms with Gasteiger partial charge in [-0.05, 0) is 31.8 Å². The molecule has 9 heteroatoms. The van der Waals surface area contributed by atoms with Crippen LogP contribution in [0, 0.1) is 5.92 Å². The van der Waals surface area contributed by atoms with Crippen molar-refractivity contribution in [3.8, 4) is 0 Å². The van der Waals surface area contributed by atoms with Crippen LogP contribution in [0.4, 0.5) is 13.2 Å². The quantitative estimate of drug-likeness (QED) is 0.841. The largest absolute Gasteiger partial charge is 0.409 e. The number of alkyl halides is 3. The molecule has 150 valence electrons. The molecule has 0 radical (unpaired) electrons. The van der Waals surface area contributed by atoms with E-state index in [-0.39, 0.29) is 23.4 Å². The number of hydrogen-bond acceptors (Lipinski definition) is 5. The summed E-state index contributed by atoms with van der Waals surface area (Å²) in [6, 6.07) is -0.221. The van der Waals surface area contributed by atoms with Crippen LogP contribution in [0.25, 0.3) is 4.96 Å². The maximum absolute atomic E-state index is 13.2. The van der Waals surface area contributed by atoms with Crippen molar-refractivity contribution in [2.45, 2.75) is 63.7 Å². The van der Waals surface area contributed by atoms with E-state index in [1.54, 1.807) is 4.40 Å². The highest BCUT2D eigenvalue weighted by molar-refractivity contribution is 7.17. The number of rotatable bonds is 3. The summed E-state index contributed by atoms with van der Waals surface area (Å²) in [5.74, 6) is 0.163. The predicted octanol–water partition coefficient (Wildman–Crippen LogP) is 3.52. The fraction of sp³-hybridized carbons (Fsp3) is 0.579. The predicted molar refractivity (Wildman–Crippen MR) is 100 cm³/mol.